The number of methoxy groups -OCH3 is 1. The smallest absolute Gasteiger partial charge is 0.225 e. The van der Waals surface area contributed by atoms with Crippen LogP contribution < -0.4 is 10.1 Å². The first kappa shape index (κ1) is 17.2. The number of hydrogen-bond acceptors (Lipinski definition) is 4. The lowest BCUT2D eigenvalue weighted by Crippen LogP contribution is -2.12. The van der Waals surface area contributed by atoms with Gasteiger partial charge in [-0.3, -0.25) is 4.79 Å². The Morgan fingerprint density at radius 1 is 1.32 bits per heavy atom. The van der Waals surface area contributed by atoms with Crippen LogP contribution in [0.3, 0.4) is 0 Å². The second-order valence-electron chi connectivity index (χ2n) is 6.64. The molecule has 3 rings (SSSR count). The first-order valence-corrected chi connectivity index (χ1v) is 8.67. The van der Waals surface area contributed by atoms with Crippen LogP contribution in [0, 0.1) is 5.92 Å². The van der Waals surface area contributed by atoms with E-state index in [0.29, 0.717) is 18.2 Å². The van der Waals surface area contributed by atoms with Gasteiger partial charge in [0.2, 0.25) is 5.91 Å². The molecule has 25 heavy (non-hydrogen) atoms. The third kappa shape index (κ3) is 3.57. The number of nitrogens with one attached hydrogen (secondary N) is 1. The summed E-state index contributed by atoms with van der Waals surface area (Å²) < 4.78 is 7.18. The Hall–Kier alpha value is -2.63. The molecule has 0 atom stereocenters. The molecule has 0 aliphatic rings. The zero-order valence-corrected chi connectivity index (χ0v) is 15.2. The summed E-state index contributed by atoms with van der Waals surface area (Å²) in [6.45, 7) is 6.99. The molecular weight excluding hydrogens is 316 g/mol. The van der Waals surface area contributed by atoms with Crippen LogP contribution in [0.15, 0.2) is 24.3 Å². The maximum atomic E-state index is 12.1. The van der Waals surface area contributed by atoms with Gasteiger partial charge in [0.25, 0.3) is 0 Å². The maximum Gasteiger partial charge on any atom is 0.225 e. The average molecular weight is 340 g/mol. The highest BCUT2D eigenvalue weighted by Crippen LogP contribution is 2.28. The van der Waals surface area contributed by atoms with E-state index in [2.05, 4.69) is 24.3 Å². The van der Waals surface area contributed by atoms with Gasteiger partial charge in [-0.25, -0.2) is 9.67 Å². The molecule has 0 aliphatic heterocycles. The first-order valence-electron chi connectivity index (χ1n) is 8.67. The molecule has 3 aromatic rings. The van der Waals surface area contributed by atoms with Crippen molar-refractivity contribution < 1.29 is 9.53 Å². The van der Waals surface area contributed by atoms with Gasteiger partial charge >= 0.3 is 0 Å². The fourth-order valence-corrected chi connectivity index (χ4v) is 2.85. The molecule has 6 heteroatoms. The number of nitrogens with zero attached hydrogens (tertiary/aromatic N) is 3. The number of fused-ring (bicyclic) bond motifs is 2. The molecule has 2 heterocycles. The van der Waals surface area contributed by atoms with Crippen LogP contribution in [0.25, 0.3) is 21.9 Å². The molecule has 0 aliphatic carbocycles. The molecule has 0 bridgehead atoms. The molecule has 2 aromatic heterocycles. The summed E-state index contributed by atoms with van der Waals surface area (Å²) in [6, 6.07) is 7.80. The van der Waals surface area contributed by atoms with Crippen molar-refractivity contribution in [3.63, 3.8) is 0 Å². The van der Waals surface area contributed by atoms with Crippen molar-refractivity contribution in [2.24, 2.45) is 5.92 Å². The lowest BCUT2D eigenvalue weighted by atomic mass is 10.1. The number of aromatic nitrogens is 3. The van der Waals surface area contributed by atoms with E-state index in [-0.39, 0.29) is 5.91 Å². The second-order valence-corrected chi connectivity index (χ2v) is 6.64. The molecule has 1 N–H and O–H groups in total. The fraction of sp³-hybridized carbons (Fsp3) is 0.421. The van der Waals surface area contributed by atoms with Crippen LogP contribution >= 0.6 is 0 Å². The van der Waals surface area contributed by atoms with E-state index in [4.69, 9.17) is 9.72 Å². The Kier molecular flexibility index (Phi) is 4.88. The highest BCUT2D eigenvalue weighted by Gasteiger charge is 2.16. The number of carbonyl (C=O) groups excluding carboxylic acids is 1. The molecule has 0 radical (unpaired) electrons. The normalized spacial score (nSPS) is 11.4. The number of amides is 1. The molecule has 0 saturated carbocycles. The van der Waals surface area contributed by atoms with Crippen LogP contribution in [-0.2, 0) is 11.3 Å². The zero-order chi connectivity index (χ0) is 18.0. The van der Waals surface area contributed by atoms with Crippen LogP contribution in [0.4, 0.5) is 5.82 Å². The topological polar surface area (TPSA) is 69.0 Å². The van der Waals surface area contributed by atoms with Crippen molar-refractivity contribution in [1.82, 2.24) is 14.8 Å². The van der Waals surface area contributed by atoms with Crippen LogP contribution in [-0.4, -0.2) is 27.8 Å². The molecular formula is C19H24N4O2. The number of rotatable bonds is 6. The van der Waals surface area contributed by atoms with E-state index in [0.717, 1.165) is 40.7 Å². The van der Waals surface area contributed by atoms with Crippen molar-refractivity contribution in [3.05, 3.63) is 24.3 Å². The third-order valence-electron chi connectivity index (χ3n) is 4.00. The molecule has 132 valence electrons. The van der Waals surface area contributed by atoms with E-state index in [1.54, 1.807) is 7.11 Å². The summed E-state index contributed by atoms with van der Waals surface area (Å²) in [6.07, 6.45) is 1.28. The lowest BCUT2D eigenvalue weighted by molar-refractivity contribution is -0.116. The molecule has 0 fully saturated rings. The van der Waals surface area contributed by atoms with Gasteiger partial charge in [0, 0.05) is 18.4 Å². The predicted molar refractivity (Wildman–Crippen MR) is 100.0 cm³/mol. The number of anilines is 1. The minimum atomic E-state index is -0.0238. The number of carbonyl (C=O) groups is 1. The summed E-state index contributed by atoms with van der Waals surface area (Å²) in [4.78, 5) is 16.8. The highest BCUT2D eigenvalue weighted by molar-refractivity contribution is 6.02. The van der Waals surface area contributed by atoms with Crippen LogP contribution in [0.5, 0.6) is 5.75 Å². The van der Waals surface area contributed by atoms with E-state index in [1.165, 1.54) is 0 Å². The lowest BCUT2D eigenvalue weighted by Gasteiger charge is -2.06. The van der Waals surface area contributed by atoms with Crippen molar-refractivity contribution in [3.8, 4) is 5.75 Å². The molecule has 0 saturated heterocycles. The van der Waals surface area contributed by atoms with Gasteiger partial charge in [-0.05, 0) is 36.6 Å². The SMILES string of the molecule is CCCC(=O)Nc1nn(CC(C)C)c2nc3ccc(OC)cc3cc12. The monoisotopic (exact) mass is 340 g/mol. The van der Waals surface area contributed by atoms with Gasteiger partial charge in [0.15, 0.2) is 11.5 Å². The molecule has 0 spiro atoms. The van der Waals surface area contributed by atoms with Gasteiger partial charge in [-0.2, -0.15) is 5.10 Å². The van der Waals surface area contributed by atoms with Crippen LogP contribution in [0.2, 0.25) is 0 Å². The number of pyridine rings is 1. The summed E-state index contributed by atoms with van der Waals surface area (Å²) in [5.41, 5.74) is 1.67. The Labute approximate surface area is 147 Å². The van der Waals surface area contributed by atoms with Crippen molar-refractivity contribution in [2.75, 3.05) is 12.4 Å². The van der Waals surface area contributed by atoms with E-state index in [1.807, 2.05) is 35.9 Å². The Bertz CT molecular complexity index is 915. The largest absolute Gasteiger partial charge is 0.497 e. The van der Waals surface area contributed by atoms with E-state index >= 15 is 0 Å². The molecule has 6 nitrogen and oxygen atoms in total. The molecule has 0 unspecified atom stereocenters. The Morgan fingerprint density at radius 3 is 2.80 bits per heavy atom. The van der Waals surface area contributed by atoms with E-state index in [9.17, 15) is 4.79 Å². The Balaban J connectivity index is 2.15. The van der Waals surface area contributed by atoms with Gasteiger partial charge in [0.05, 0.1) is 18.0 Å². The maximum absolute atomic E-state index is 12.1. The number of hydrogen-bond donors (Lipinski definition) is 1. The highest BCUT2D eigenvalue weighted by atomic mass is 16.5. The Morgan fingerprint density at radius 2 is 2.12 bits per heavy atom. The third-order valence-corrected chi connectivity index (χ3v) is 4.00. The van der Waals surface area contributed by atoms with Gasteiger partial charge in [0.1, 0.15) is 5.75 Å². The van der Waals surface area contributed by atoms with E-state index < -0.39 is 0 Å². The fourth-order valence-electron chi connectivity index (χ4n) is 2.85. The van der Waals surface area contributed by atoms with Crippen molar-refractivity contribution in [1.29, 1.82) is 0 Å². The van der Waals surface area contributed by atoms with Gasteiger partial charge < -0.3 is 10.1 Å². The second kappa shape index (κ2) is 7.09. The quantitative estimate of drug-likeness (QED) is 0.737. The standard InChI is InChI=1S/C19H24N4O2/c1-5-6-17(24)21-18-15-10-13-9-14(25-4)7-8-16(13)20-19(15)23(22-18)11-12(2)3/h7-10,12H,5-6,11H2,1-4H3,(H,21,22,24). The van der Waals surface area contributed by atoms with Crippen molar-refractivity contribution >= 4 is 33.7 Å². The van der Waals surface area contributed by atoms with Gasteiger partial charge in [-0.15, -0.1) is 0 Å². The average Bonchev–Trinajstić information content (AvgIpc) is 2.88. The molecule has 1 amide bonds. The zero-order valence-electron chi connectivity index (χ0n) is 15.2. The predicted octanol–water partition coefficient (Wildman–Crippen LogP) is 3.99. The first-order chi connectivity index (χ1) is 12.0. The van der Waals surface area contributed by atoms with Crippen LogP contribution in [0.1, 0.15) is 33.6 Å². The summed E-state index contributed by atoms with van der Waals surface area (Å²) in [5, 5.41) is 9.35. The summed E-state index contributed by atoms with van der Waals surface area (Å²) >= 11 is 0. The number of ether oxygens (including phenoxy) is 1. The number of benzene rings is 1. The minimum Gasteiger partial charge on any atom is -0.497 e. The van der Waals surface area contributed by atoms with Gasteiger partial charge in [-0.1, -0.05) is 20.8 Å². The molecule has 1 aromatic carbocycles. The minimum absolute atomic E-state index is 0.0238. The van der Waals surface area contributed by atoms with Crippen molar-refractivity contribution in [2.45, 2.75) is 40.2 Å². The summed E-state index contributed by atoms with van der Waals surface area (Å²) in [5.74, 6) is 1.76. The summed E-state index contributed by atoms with van der Waals surface area (Å²) in [7, 11) is 1.64.